The van der Waals surface area contributed by atoms with Gasteiger partial charge in [-0.2, -0.15) is 5.26 Å². The van der Waals surface area contributed by atoms with Gasteiger partial charge in [0.15, 0.2) is 0 Å². The van der Waals surface area contributed by atoms with Gasteiger partial charge in [0.1, 0.15) is 0 Å². The van der Waals surface area contributed by atoms with Crippen LogP contribution < -0.4 is 0 Å². The highest BCUT2D eigenvalue weighted by atomic mass is 16.2. The van der Waals surface area contributed by atoms with E-state index in [-0.39, 0.29) is 11.8 Å². The molecule has 0 radical (unpaired) electrons. The maximum atomic E-state index is 11.9. The molecular weight excluding hydrogens is 188 g/mol. The van der Waals surface area contributed by atoms with Crippen LogP contribution in [0, 0.1) is 23.2 Å². The molecule has 82 valence electrons. The molecule has 1 atom stereocenters. The Bertz CT molecular complexity index is 278. The van der Waals surface area contributed by atoms with Crippen LogP contribution in [0.15, 0.2) is 0 Å². The summed E-state index contributed by atoms with van der Waals surface area (Å²) in [4.78, 5) is 13.8. The second-order valence-electron chi connectivity index (χ2n) is 4.81. The van der Waals surface area contributed by atoms with Crippen LogP contribution >= 0.6 is 0 Å². The van der Waals surface area contributed by atoms with Gasteiger partial charge in [0.05, 0.1) is 12.0 Å². The molecule has 3 nitrogen and oxygen atoms in total. The Morgan fingerprint density at radius 2 is 2.13 bits per heavy atom. The van der Waals surface area contributed by atoms with Gasteiger partial charge in [-0.1, -0.05) is 6.42 Å². The number of carbonyl (C=O) groups is 1. The second-order valence-corrected chi connectivity index (χ2v) is 4.81. The van der Waals surface area contributed by atoms with Crippen molar-refractivity contribution >= 4 is 5.91 Å². The van der Waals surface area contributed by atoms with Gasteiger partial charge in [0.25, 0.3) is 0 Å². The number of likely N-dealkylation sites (tertiary alicyclic amines) is 1. The van der Waals surface area contributed by atoms with E-state index >= 15 is 0 Å². The molecule has 0 aromatic rings. The SMILES string of the molecule is N#CC1CCCN(C(=O)CC2CCC2)C1. The van der Waals surface area contributed by atoms with Crippen molar-refractivity contribution in [3.63, 3.8) is 0 Å². The van der Waals surface area contributed by atoms with E-state index in [0.29, 0.717) is 12.5 Å². The van der Waals surface area contributed by atoms with Crippen molar-refractivity contribution in [2.75, 3.05) is 13.1 Å². The number of amides is 1. The van der Waals surface area contributed by atoms with E-state index in [2.05, 4.69) is 6.07 Å². The van der Waals surface area contributed by atoms with Crippen molar-refractivity contribution < 1.29 is 4.79 Å². The molecule has 2 rings (SSSR count). The number of nitriles is 1. The Kier molecular flexibility index (Phi) is 3.25. The van der Waals surface area contributed by atoms with Gasteiger partial charge < -0.3 is 4.90 Å². The number of hydrogen-bond donors (Lipinski definition) is 0. The standard InChI is InChI=1S/C12H18N2O/c13-8-11-5-2-6-14(9-11)12(15)7-10-3-1-4-10/h10-11H,1-7,9H2. The Balaban J connectivity index is 1.81. The molecule has 1 saturated carbocycles. The number of carbonyl (C=O) groups excluding carboxylic acids is 1. The summed E-state index contributed by atoms with van der Waals surface area (Å²) in [7, 11) is 0. The number of hydrogen-bond acceptors (Lipinski definition) is 2. The maximum Gasteiger partial charge on any atom is 0.222 e. The third-order valence-electron chi connectivity index (χ3n) is 3.64. The number of nitrogens with zero attached hydrogens (tertiary/aromatic N) is 2. The molecule has 1 amide bonds. The van der Waals surface area contributed by atoms with Crippen LogP contribution in [0.25, 0.3) is 0 Å². The summed E-state index contributed by atoms with van der Waals surface area (Å²) in [6.07, 6.45) is 6.41. The first kappa shape index (κ1) is 10.5. The first-order valence-corrected chi connectivity index (χ1v) is 5.97. The zero-order chi connectivity index (χ0) is 10.7. The lowest BCUT2D eigenvalue weighted by molar-refractivity contribution is -0.134. The summed E-state index contributed by atoms with van der Waals surface area (Å²) in [5.41, 5.74) is 0. The highest BCUT2D eigenvalue weighted by Crippen LogP contribution is 2.30. The molecule has 2 aliphatic rings. The van der Waals surface area contributed by atoms with Crippen LogP contribution in [0.5, 0.6) is 0 Å². The fraction of sp³-hybridized carbons (Fsp3) is 0.833. The fourth-order valence-electron chi connectivity index (χ4n) is 2.38. The Morgan fingerprint density at radius 1 is 1.33 bits per heavy atom. The van der Waals surface area contributed by atoms with E-state index in [1.54, 1.807) is 0 Å². The predicted molar refractivity (Wildman–Crippen MR) is 56.9 cm³/mol. The molecule has 1 aliphatic carbocycles. The lowest BCUT2D eigenvalue weighted by Crippen LogP contribution is -2.40. The quantitative estimate of drug-likeness (QED) is 0.693. The van der Waals surface area contributed by atoms with E-state index < -0.39 is 0 Å². The Morgan fingerprint density at radius 3 is 2.73 bits per heavy atom. The topological polar surface area (TPSA) is 44.1 Å². The molecule has 0 bridgehead atoms. The molecule has 0 N–H and O–H groups in total. The van der Waals surface area contributed by atoms with Crippen molar-refractivity contribution in [3.05, 3.63) is 0 Å². The van der Waals surface area contributed by atoms with Crippen LogP contribution in [0.2, 0.25) is 0 Å². The summed E-state index contributed by atoms with van der Waals surface area (Å²) in [6, 6.07) is 2.28. The molecular formula is C12H18N2O. The maximum absolute atomic E-state index is 11.9. The minimum atomic E-state index is 0.0732. The minimum Gasteiger partial charge on any atom is -0.341 e. The summed E-state index contributed by atoms with van der Waals surface area (Å²) >= 11 is 0. The Hall–Kier alpha value is -1.04. The highest BCUT2D eigenvalue weighted by molar-refractivity contribution is 5.76. The van der Waals surface area contributed by atoms with Crippen molar-refractivity contribution in [3.8, 4) is 6.07 Å². The van der Waals surface area contributed by atoms with Gasteiger partial charge >= 0.3 is 0 Å². The van der Waals surface area contributed by atoms with Crippen molar-refractivity contribution in [1.29, 1.82) is 5.26 Å². The van der Waals surface area contributed by atoms with E-state index in [0.717, 1.165) is 25.8 Å². The van der Waals surface area contributed by atoms with Gasteiger partial charge in [-0.25, -0.2) is 0 Å². The van der Waals surface area contributed by atoms with Gasteiger partial charge in [-0.05, 0) is 31.6 Å². The van der Waals surface area contributed by atoms with E-state index in [4.69, 9.17) is 5.26 Å². The average molecular weight is 206 g/mol. The predicted octanol–water partition coefficient (Wildman–Crippen LogP) is 1.94. The highest BCUT2D eigenvalue weighted by Gasteiger charge is 2.27. The lowest BCUT2D eigenvalue weighted by atomic mass is 9.82. The third-order valence-corrected chi connectivity index (χ3v) is 3.64. The van der Waals surface area contributed by atoms with Crippen LogP contribution in [0.4, 0.5) is 0 Å². The zero-order valence-corrected chi connectivity index (χ0v) is 9.11. The third kappa shape index (κ3) is 2.50. The first-order chi connectivity index (χ1) is 7.29. The average Bonchev–Trinajstić information content (AvgIpc) is 2.23. The molecule has 1 aliphatic heterocycles. The lowest BCUT2D eigenvalue weighted by Gasteiger charge is -2.32. The molecule has 2 fully saturated rings. The smallest absolute Gasteiger partial charge is 0.222 e. The summed E-state index contributed by atoms with van der Waals surface area (Å²) < 4.78 is 0. The largest absolute Gasteiger partial charge is 0.341 e. The molecule has 0 spiro atoms. The van der Waals surface area contributed by atoms with Crippen molar-refractivity contribution in [2.45, 2.75) is 38.5 Å². The first-order valence-electron chi connectivity index (χ1n) is 5.97. The van der Waals surface area contributed by atoms with Crippen LogP contribution in [-0.2, 0) is 4.79 Å². The van der Waals surface area contributed by atoms with Gasteiger partial charge in [-0.3, -0.25) is 4.79 Å². The summed E-state index contributed by atoms with van der Waals surface area (Å²) in [5.74, 6) is 0.990. The summed E-state index contributed by atoms with van der Waals surface area (Å²) in [6.45, 7) is 1.53. The van der Waals surface area contributed by atoms with E-state index in [1.165, 1.54) is 19.3 Å². The molecule has 0 aromatic carbocycles. The monoisotopic (exact) mass is 206 g/mol. The Labute approximate surface area is 91.1 Å². The fourth-order valence-corrected chi connectivity index (χ4v) is 2.38. The second kappa shape index (κ2) is 4.65. The van der Waals surface area contributed by atoms with Crippen LogP contribution in [-0.4, -0.2) is 23.9 Å². The van der Waals surface area contributed by atoms with Gasteiger partial charge in [-0.15, -0.1) is 0 Å². The molecule has 1 unspecified atom stereocenters. The van der Waals surface area contributed by atoms with Gasteiger partial charge in [0, 0.05) is 19.5 Å². The van der Waals surface area contributed by atoms with E-state index in [9.17, 15) is 4.79 Å². The molecule has 15 heavy (non-hydrogen) atoms. The van der Waals surface area contributed by atoms with Crippen molar-refractivity contribution in [2.24, 2.45) is 11.8 Å². The normalized spacial score (nSPS) is 26.9. The summed E-state index contributed by atoms with van der Waals surface area (Å²) in [5, 5.41) is 8.84. The van der Waals surface area contributed by atoms with Crippen LogP contribution in [0.1, 0.15) is 38.5 Å². The molecule has 0 aromatic heterocycles. The molecule has 3 heteroatoms. The number of rotatable bonds is 2. The van der Waals surface area contributed by atoms with Crippen molar-refractivity contribution in [1.82, 2.24) is 4.90 Å². The van der Waals surface area contributed by atoms with Gasteiger partial charge in [0.2, 0.25) is 5.91 Å². The van der Waals surface area contributed by atoms with E-state index in [1.807, 2.05) is 4.90 Å². The minimum absolute atomic E-state index is 0.0732. The number of piperidine rings is 1. The van der Waals surface area contributed by atoms with Crippen LogP contribution in [0.3, 0.4) is 0 Å². The zero-order valence-electron chi connectivity index (χ0n) is 9.11. The molecule has 1 saturated heterocycles. The molecule has 1 heterocycles.